The van der Waals surface area contributed by atoms with Crippen molar-refractivity contribution in [2.45, 2.75) is 32.0 Å². The van der Waals surface area contributed by atoms with E-state index in [0.29, 0.717) is 23.4 Å². The summed E-state index contributed by atoms with van der Waals surface area (Å²) in [6, 6.07) is 10.7. The van der Waals surface area contributed by atoms with Crippen molar-refractivity contribution in [3.05, 3.63) is 69.3 Å². The highest BCUT2D eigenvalue weighted by Gasteiger charge is 2.31. The first-order valence-electron chi connectivity index (χ1n) is 9.68. The third-order valence-electron chi connectivity index (χ3n) is 5.12. The molecule has 0 radical (unpaired) electrons. The van der Waals surface area contributed by atoms with Crippen LogP contribution in [-0.2, 0) is 22.7 Å². The summed E-state index contributed by atoms with van der Waals surface area (Å²) in [5.74, 6) is 1.15. The van der Waals surface area contributed by atoms with Crippen molar-refractivity contribution in [1.29, 1.82) is 0 Å². The van der Waals surface area contributed by atoms with Crippen LogP contribution < -0.4 is 9.47 Å². The Hall–Kier alpha value is -3.39. The van der Waals surface area contributed by atoms with Crippen LogP contribution in [0.4, 0.5) is 5.69 Å². The van der Waals surface area contributed by atoms with Gasteiger partial charge >= 0.3 is 0 Å². The minimum Gasteiger partial charge on any atom is -0.497 e. The number of methoxy groups -OCH3 is 1. The number of hydrogen-bond donors (Lipinski definition) is 0. The molecule has 0 aromatic heterocycles. The van der Waals surface area contributed by atoms with Gasteiger partial charge in [0.15, 0.2) is 6.79 Å². The minimum atomic E-state index is -0.464. The molecule has 1 amide bonds. The van der Waals surface area contributed by atoms with E-state index in [2.05, 4.69) is 0 Å². The average Bonchev–Trinajstić information content (AvgIpc) is 3.61. The fourth-order valence-corrected chi connectivity index (χ4v) is 3.42. The zero-order valence-electron chi connectivity index (χ0n) is 16.6. The first-order valence-corrected chi connectivity index (χ1v) is 9.68. The molecule has 30 heavy (non-hydrogen) atoms. The highest BCUT2D eigenvalue weighted by molar-refractivity contribution is 5.92. The van der Waals surface area contributed by atoms with E-state index in [-0.39, 0.29) is 31.0 Å². The Bertz CT molecular complexity index is 982. The van der Waals surface area contributed by atoms with Gasteiger partial charge in [-0.25, -0.2) is 0 Å². The van der Waals surface area contributed by atoms with Crippen LogP contribution in [0, 0.1) is 10.1 Å². The lowest BCUT2D eigenvalue weighted by Crippen LogP contribution is -2.31. The van der Waals surface area contributed by atoms with Crippen LogP contribution in [0.5, 0.6) is 11.5 Å². The Morgan fingerprint density at radius 2 is 2.07 bits per heavy atom. The molecule has 2 aliphatic rings. The molecule has 0 spiro atoms. The van der Waals surface area contributed by atoms with Gasteiger partial charge < -0.3 is 19.1 Å². The van der Waals surface area contributed by atoms with Gasteiger partial charge in [0.05, 0.1) is 18.6 Å². The van der Waals surface area contributed by atoms with E-state index in [0.717, 1.165) is 24.2 Å². The average molecular weight is 410 g/mol. The second kappa shape index (κ2) is 8.54. The molecule has 1 saturated carbocycles. The van der Waals surface area contributed by atoms with Crippen molar-refractivity contribution in [3.8, 4) is 11.5 Å². The third-order valence-corrected chi connectivity index (χ3v) is 5.12. The number of nitro benzene ring substituents is 1. The maximum Gasteiger partial charge on any atom is 0.270 e. The predicted octanol–water partition coefficient (Wildman–Crippen LogP) is 3.67. The summed E-state index contributed by atoms with van der Waals surface area (Å²) in [5, 5.41) is 11.2. The molecule has 8 heteroatoms. The van der Waals surface area contributed by atoms with Gasteiger partial charge in [-0.15, -0.1) is 0 Å². The number of carbonyl (C=O) groups is 1. The highest BCUT2D eigenvalue weighted by Crippen LogP contribution is 2.34. The number of non-ortho nitro benzene ring substituents is 1. The summed E-state index contributed by atoms with van der Waals surface area (Å²) < 4.78 is 15.9. The number of nitro groups is 1. The molecule has 0 atom stereocenters. The monoisotopic (exact) mass is 410 g/mol. The van der Waals surface area contributed by atoms with Gasteiger partial charge in [0, 0.05) is 41.9 Å². The van der Waals surface area contributed by atoms with E-state index in [9.17, 15) is 14.9 Å². The van der Waals surface area contributed by atoms with Crippen LogP contribution in [0.25, 0.3) is 6.08 Å². The number of carbonyl (C=O) groups excluding carboxylic acids is 1. The summed E-state index contributed by atoms with van der Waals surface area (Å²) in [6.07, 6.45) is 4.99. The number of fused-ring (bicyclic) bond motifs is 1. The van der Waals surface area contributed by atoms with Gasteiger partial charge in [-0.1, -0.05) is 12.1 Å². The zero-order valence-corrected chi connectivity index (χ0v) is 16.6. The molecule has 0 bridgehead atoms. The van der Waals surface area contributed by atoms with Crippen LogP contribution in [0.3, 0.4) is 0 Å². The molecule has 156 valence electrons. The van der Waals surface area contributed by atoms with Crippen LogP contribution in [-0.4, -0.2) is 35.7 Å². The molecule has 1 aliphatic heterocycles. The van der Waals surface area contributed by atoms with E-state index >= 15 is 0 Å². The first kappa shape index (κ1) is 19.9. The van der Waals surface area contributed by atoms with Gasteiger partial charge in [0.2, 0.25) is 5.91 Å². The molecule has 0 unspecified atom stereocenters. The van der Waals surface area contributed by atoms with Crippen LogP contribution in [0.15, 0.2) is 42.5 Å². The fraction of sp³-hybridized carbons (Fsp3) is 0.318. The van der Waals surface area contributed by atoms with Crippen molar-refractivity contribution in [1.82, 2.24) is 4.90 Å². The Balaban J connectivity index is 1.55. The maximum atomic E-state index is 12.9. The van der Waals surface area contributed by atoms with E-state index in [1.54, 1.807) is 13.2 Å². The van der Waals surface area contributed by atoms with Crippen molar-refractivity contribution in [2.24, 2.45) is 0 Å². The number of ether oxygens (including phenoxy) is 3. The summed E-state index contributed by atoms with van der Waals surface area (Å²) >= 11 is 0. The smallest absolute Gasteiger partial charge is 0.270 e. The molecule has 1 aliphatic carbocycles. The van der Waals surface area contributed by atoms with Crippen molar-refractivity contribution >= 4 is 17.7 Å². The molecule has 2 aromatic carbocycles. The van der Waals surface area contributed by atoms with Gasteiger partial charge in [-0.3, -0.25) is 14.9 Å². The lowest BCUT2D eigenvalue weighted by atomic mass is 10.1. The molecule has 1 fully saturated rings. The molecule has 1 heterocycles. The summed E-state index contributed by atoms with van der Waals surface area (Å²) in [5.41, 5.74) is 2.04. The number of amides is 1. The topological polar surface area (TPSA) is 91.1 Å². The van der Waals surface area contributed by atoms with Gasteiger partial charge in [-0.05, 0) is 36.6 Å². The van der Waals surface area contributed by atoms with Gasteiger partial charge in [0.25, 0.3) is 5.69 Å². The van der Waals surface area contributed by atoms with Crippen LogP contribution in [0.2, 0.25) is 0 Å². The molecule has 8 nitrogen and oxygen atoms in total. The highest BCUT2D eigenvalue weighted by atomic mass is 16.7. The van der Waals surface area contributed by atoms with Gasteiger partial charge in [0.1, 0.15) is 11.5 Å². The molecule has 0 N–H and O–H groups in total. The zero-order chi connectivity index (χ0) is 21.1. The SMILES string of the molecule is COc1ccc(CN(C(=O)/C=C/c2cc([N+](=O)[O-])cc3c2OCOC3)C2CC2)cc1. The summed E-state index contributed by atoms with van der Waals surface area (Å²) in [6.45, 7) is 0.804. The second-order valence-electron chi connectivity index (χ2n) is 7.27. The number of rotatable bonds is 7. The number of benzene rings is 2. The summed E-state index contributed by atoms with van der Waals surface area (Å²) in [4.78, 5) is 25.5. The standard InChI is InChI=1S/C22H22N2O6/c1-28-20-7-2-15(3-8-20)12-23(18-5-6-18)21(25)9-4-16-10-19(24(26)27)11-17-13-29-14-30-22(16)17/h2-4,7-11,18H,5-6,12-14H2,1H3/b9-4+. The minimum absolute atomic E-state index is 0.0627. The lowest BCUT2D eigenvalue weighted by Gasteiger charge is -2.21. The molecular formula is C22H22N2O6. The first-order chi connectivity index (χ1) is 14.5. The van der Waals surface area contributed by atoms with Crippen molar-refractivity contribution < 1.29 is 23.9 Å². The molecular weight excluding hydrogens is 388 g/mol. The Morgan fingerprint density at radius 1 is 1.30 bits per heavy atom. The van der Waals surface area contributed by atoms with Crippen LogP contribution >= 0.6 is 0 Å². The van der Waals surface area contributed by atoms with Crippen LogP contribution in [0.1, 0.15) is 29.5 Å². The van der Waals surface area contributed by atoms with Crippen molar-refractivity contribution in [3.63, 3.8) is 0 Å². The Morgan fingerprint density at radius 3 is 2.73 bits per heavy atom. The third kappa shape index (κ3) is 4.44. The van der Waals surface area contributed by atoms with Gasteiger partial charge in [-0.2, -0.15) is 0 Å². The van der Waals surface area contributed by atoms with Crippen molar-refractivity contribution in [2.75, 3.05) is 13.9 Å². The lowest BCUT2D eigenvalue weighted by molar-refractivity contribution is -0.385. The van der Waals surface area contributed by atoms with E-state index in [4.69, 9.17) is 14.2 Å². The van der Waals surface area contributed by atoms with E-state index < -0.39 is 4.92 Å². The number of hydrogen-bond acceptors (Lipinski definition) is 6. The second-order valence-corrected chi connectivity index (χ2v) is 7.27. The number of nitrogens with zero attached hydrogens (tertiary/aromatic N) is 2. The molecule has 4 rings (SSSR count). The molecule has 2 aromatic rings. The van der Waals surface area contributed by atoms with E-state index in [1.165, 1.54) is 18.2 Å². The normalized spacial score (nSPS) is 15.4. The maximum absolute atomic E-state index is 12.9. The Labute approximate surface area is 173 Å². The molecule has 0 saturated heterocycles. The largest absolute Gasteiger partial charge is 0.497 e. The fourth-order valence-electron chi connectivity index (χ4n) is 3.42. The quantitative estimate of drug-likeness (QED) is 0.393. The van der Waals surface area contributed by atoms with E-state index in [1.807, 2.05) is 29.2 Å². The predicted molar refractivity (Wildman–Crippen MR) is 109 cm³/mol. The Kier molecular flexibility index (Phi) is 5.67. The summed E-state index contributed by atoms with van der Waals surface area (Å²) in [7, 11) is 1.61.